The largest absolute Gasteiger partial charge is 0.372 e. The zero-order valence-corrected chi connectivity index (χ0v) is 9.40. The van der Waals surface area contributed by atoms with Crippen LogP contribution in [0.5, 0.6) is 0 Å². The summed E-state index contributed by atoms with van der Waals surface area (Å²) in [5.74, 6) is 1.08. The van der Waals surface area contributed by atoms with Crippen molar-refractivity contribution in [3.8, 4) is 0 Å². The number of hydrogen-bond donors (Lipinski definition) is 1. The van der Waals surface area contributed by atoms with E-state index in [1.807, 2.05) is 0 Å². The molecule has 5 heteroatoms. The summed E-state index contributed by atoms with van der Waals surface area (Å²) in [5, 5.41) is 3.82. The van der Waals surface area contributed by atoms with Gasteiger partial charge in [0.25, 0.3) is 5.89 Å². The van der Waals surface area contributed by atoms with Gasteiger partial charge in [-0.2, -0.15) is 4.98 Å². The van der Waals surface area contributed by atoms with Gasteiger partial charge in [0.2, 0.25) is 0 Å². The Balaban J connectivity index is 2.41. The number of nitrogens with two attached hydrogens (primary N) is 1. The second-order valence-electron chi connectivity index (χ2n) is 3.49. The van der Waals surface area contributed by atoms with Gasteiger partial charge in [0.1, 0.15) is 6.61 Å². The standard InChI is InChI=1S/C10H19N3O2/c1-3-5-8(11)10-12-9(15-13-10)7-14-6-4-2/h8H,3-7,11H2,1-2H3. The van der Waals surface area contributed by atoms with Gasteiger partial charge in [0.15, 0.2) is 5.82 Å². The van der Waals surface area contributed by atoms with Gasteiger partial charge in [-0.25, -0.2) is 0 Å². The second kappa shape index (κ2) is 6.53. The topological polar surface area (TPSA) is 74.2 Å². The molecule has 0 bridgehead atoms. The van der Waals surface area contributed by atoms with E-state index in [9.17, 15) is 0 Å². The molecular weight excluding hydrogens is 194 g/mol. The molecule has 1 aromatic rings. The Morgan fingerprint density at radius 1 is 1.40 bits per heavy atom. The number of aromatic nitrogens is 2. The van der Waals surface area contributed by atoms with Gasteiger partial charge in [-0.15, -0.1) is 0 Å². The Bertz CT molecular complexity index is 275. The molecule has 1 unspecified atom stereocenters. The third kappa shape index (κ3) is 3.97. The molecule has 0 aliphatic heterocycles. The SMILES string of the molecule is CCCOCc1nc(C(N)CCC)no1. The fraction of sp³-hybridized carbons (Fsp3) is 0.800. The van der Waals surface area contributed by atoms with E-state index in [1.54, 1.807) is 0 Å². The van der Waals surface area contributed by atoms with Crippen molar-refractivity contribution in [1.29, 1.82) is 0 Å². The van der Waals surface area contributed by atoms with Gasteiger partial charge in [-0.3, -0.25) is 0 Å². The lowest BCUT2D eigenvalue weighted by atomic mass is 10.2. The van der Waals surface area contributed by atoms with E-state index >= 15 is 0 Å². The molecule has 1 aromatic heterocycles. The van der Waals surface area contributed by atoms with E-state index in [0.717, 1.165) is 19.3 Å². The van der Waals surface area contributed by atoms with Crippen molar-refractivity contribution in [2.75, 3.05) is 6.61 Å². The first-order chi connectivity index (χ1) is 7.27. The predicted molar refractivity (Wildman–Crippen MR) is 56.1 cm³/mol. The van der Waals surface area contributed by atoms with Crippen LogP contribution in [0.25, 0.3) is 0 Å². The van der Waals surface area contributed by atoms with Gasteiger partial charge >= 0.3 is 0 Å². The molecule has 0 saturated heterocycles. The first-order valence-electron chi connectivity index (χ1n) is 5.43. The Hall–Kier alpha value is -0.940. The monoisotopic (exact) mass is 213 g/mol. The lowest BCUT2D eigenvalue weighted by Crippen LogP contribution is -2.11. The van der Waals surface area contributed by atoms with Crippen molar-refractivity contribution in [3.05, 3.63) is 11.7 Å². The molecule has 1 heterocycles. The molecule has 0 aliphatic rings. The average molecular weight is 213 g/mol. The molecule has 0 aliphatic carbocycles. The third-order valence-electron chi connectivity index (χ3n) is 1.99. The highest BCUT2D eigenvalue weighted by Crippen LogP contribution is 2.12. The Morgan fingerprint density at radius 2 is 2.20 bits per heavy atom. The molecule has 5 nitrogen and oxygen atoms in total. The quantitative estimate of drug-likeness (QED) is 0.699. The minimum absolute atomic E-state index is 0.126. The molecule has 1 rings (SSSR count). The number of nitrogens with zero attached hydrogens (tertiary/aromatic N) is 2. The van der Waals surface area contributed by atoms with E-state index < -0.39 is 0 Å². The molecule has 0 spiro atoms. The van der Waals surface area contributed by atoms with Crippen LogP contribution in [0.15, 0.2) is 4.52 Å². The van der Waals surface area contributed by atoms with Crippen molar-refractivity contribution in [1.82, 2.24) is 10.1 Å². The highest BCUT2D eigenvalue weighted by Gasteiger charge is 2.12. The van der Waals surface area contributed by atoms with Crippen molar-refractivity contribution < 1.29 is 9.26 Å². The van der Waals surface area contributed by atoms with E-state index in [-0.39, 0.29) is 6.04 Å². The smallest absolute Gasteiger partial charge is 0.252 e. The van der Waals surface area contributed by atoms with Crippen LogP contribution in [0.2, 0.25) is 0 Å². The van der Waals surface area contributed by atoms with Crippen molar-refractivity contribution in [2.24, 2.45) is 5.73 Å². The van der Waals surface area contributed by atoms with Crippen LogP contribution in [0.4, 0.5) is 0 Å². The van der Waals surface area contributed by atoms with Crippen molar-refractivity contribution in [2.45, 2.75) is 45.8 Å². The fourth-order valence-electron chi connectivity index (χ4n) is 1.22. The normalized spacial score (nSPS) is 13.0. The molecular formula is C10H19N3O2. The van der Waals surface area contributed by atoms with Crippen LogP contribution < -0.4 is 5.73 Å². The zero-order valence-electron chi connectivity index (χ0n) is 9.40. The second-order valence-corrected chi connectivity index (χ2v) is 3.49. The molecule has 15 heavy (non-hydrogen) atoms. The third-order valence-corrected chi connectivity index (χ3v) is 1.99. The van der Waals surface area contributed by atoms with Crippen molar-refractivity contribution >= 4 is 0 Å². The van der Waals surface area contributed by atoms with Crippen LogP contribution in [0, 0.1) is 0 Å². The Kier molecular flexibility index (Phi) is 5.28. The van der Waals surface area contributed by atoms with Gasteiger partial charge in [-0.05, 0) is 12.8 Å². The minimum atomic E-state index is -0.126. The van der Waals surface area contributed by atoms with E-state index in [2.05, 4.69) is 24.0 Å². The first-order valence-corrected chi connectivity index (χ1v) is 5.43. The maximum Gasteiger partial charge on any atom is 0.252 e. The van der Waals surface area contributed by atoms with E-state index in [0.29, 0.717) is 24.9 Å². The minimum Gasteiger partial charge on any atom is -0.372 e. The first kappa shape index (κ1) is 12.1. The Labute approximate surface area is 90.0 Å². The van der Waals surface area contributed by atoms with Gasteiger partial charge < -0.3 is 15.0 Å². The summed E-state index contributed by atoms with van der Waals surface area (Å²) >= 11 is 0. The molecule has 0 radical (unpaired) electrons. The molecule has 2 N–H and O–H groups in total. The summed E-state index contributed by atoms with van der Waals surface area (Å²) in [7, 11) is 0. The van der Waals surface area contributed by atoms with Gasteiger partial charge in [0, 0.05) is 6.61 Å². The molecule has 0 amide bonds. The average Bonchev–Trinajstić information content (AvgIpc) is 2.67. The molecule has 1 atom stereocenters. The number of ether oxygens (including phenoxy) is 1. The summed E-state index contributed by atoms with van der Waals surface area (Å²) < 4.78 is 10.3. The van der Waals surface area contributed by atoms with Gasteiger partial charge in [-0.1, -0.05) is 25.4 Å². The van der Waals surface area contributed by atoms with Crippen LogP contribution >= 0.6 is 0 Å². The van der Waals surface area contributed by atoms with Crippen LogP contribution in [-0.2, 0) is 11.3 Å². The van der Waals surface area contributed by atoms with Crippen LogP contribution in [-0.4, -0.2) is 16.7 Å². The summed E-state index contributed by atoms with van der Waals surface area (Å²) in [4.78, 5) is 4.17. The lowest BCUT2D eigenvalue weighted by molar-refractivity contribution is 0.0981. The number of hydrogen-bond acceptors (Lipinski definition) is 5. The van der Waals surface area contributed by atoms with Crippen molar-refractivity contribution in [3.63, 3.8) is 0 Å². The fourth-order valence-corrected chi connectivity index (χ4v) is 1.22. The number of rotatable bonds is 7. The van der Waals surface area contributed by atoms with Crippen LogP contribution in [0.1, 0.15) is 50.9 Å². The summed E-state index contributed by atoms with van der Waals surface area (Å²) in [6, 6.07) is -0.126. The Morgan fingerprint density at radius 3 is 2.87 bits per heavy atom. The molecule has 86 valence electrons. The lowest BCUT2D eigenvalue weighted by Gasteiger charge is -2.02. The molecule has 0 fully saturated rings. The van der Waals surface area contributed by atoms with E-state index in [4.69, 9.17) is 15.0 Å². The summed E-state index contributed by atoms with van der Waals surface area (Å²) in [6.07, 6.45) is 2.86. The highest BCUT2D eigenvalue weighted by molar-refractivity contribution is 4.91. The maximum atomic E-state index is 5.85. The molecule has 0 saturated carbocycles. The van der Waals surface area contributed by atoms with Gasteiger partial charge in [0.05, 0.1) is 6.04 Å². The van der Waals surface area contributed by atoms with E-state index in [1.165, 1.54) is 0 Å². The predicted octanol–water partition coefficient (Wildman–Crippen LogP) is 1.80. The highest BCUT2D eigenvalue weighted by atomic mass is 16.5. The van der Waals surface area contributed by atoms with Crippen LogP contribution in [0.3, 0.4) is 0 Å². The molecule has 0 aromatic carbocycles. The zero-order chi connectivity index (χ0) is 11.1. The summed E-state index contributed by atoms with van der Waals surface area (Å²) in [6.45, 7) is 5.21. The summed E-state index contributed by atoms with van der Waals surface area (Å²) in [5.41, 5.74) is 5.85. The maximum absolute atomic E-state index is 5.85.